The molecule has 1 aliphatic rings. The first-order valence-corrected chi connectivity index (χ1v) is 16.2. The zero-order valence-corrected chi connectivity index (χ0v) is 27.2. The minimum Gasteiger partial charge on any atom is -0.497 e. The van der Waals surface area contributed by atoms with Crippen LogP contribution >= 0.6 is 23.2 Å². The number of likely N-dealkylation sites (tertiary alicyclic amines) is 1. The molecular formula is C30H27Cl2F2N5O7S. The predicted molar refractivity (Wildman–Crippen MR) is 168 cm³/mol. The van der Waals surface area contributed by atoms with Crippen LogP contribution in [0.3, 0.4) is 0 Å². The van der Waals surface area contributed by atoms with Crippen molar-refractivity contribution in [1.29, 1.82) is 0 Å². The van der Waals surface area contributed by atoms with Gasteiger partial charge in [-0.25, -0.2) is 22.0 Å². The van der Waals surface area contributed by atoms with Crippen molar-refractivity contribution in [1.82, 2.24) is 24.0 Å². The number of methoxy groups -OCH3 is 1. The summed E-state index contributed by atoms with van der Waals surface area (Å²) in [6.45, 7) is 2.22. The molecule has 0 atom stereocenters. The highest BCUT2D eigenvalue weighted by atomic mass is 35.5. The van der Waals surface area contributed by atoms with Gasteiger partial charge in [-0.05, 0) is 54.8 Å². The number of halogens is 4. The maximum atomic E-state index is 14.1. The van der Waals surface area contributed by atoms with Crippen LogP contribution in [0.15, 0.2) is 69.1 Å². The van der Waals surface area contributed by atoms with Crippen LogP contribution in [0.1, 0.15) is 29.7 Å². The van der Waals surface area contributed by atoms with Gasteiger partial charge in [-0.1, -0.05) is 41.4 Å². The van der Waals surface area contributed by atoms with Gasteiger partial charge < -0.3 is 14.4 Å². The van der Waals surface area contributed by atoms with E-state index in [4.69, 9.17) is 32.7 Å². The monoisotopic (exact) mass is 709 g/mol. The number of carbonyl (C=O) groups excluding carboxylic acids is 1. The second kappa shape index (κ2) is 13.8. The SMILES string of the molecule is COc1ccc(CN(CC(=O)N2CCC2)S(=O)(=O)c2cc(Oc3c(Cl)cc(-n4nc(C(F)F)c(=O)[nH]c4=O)cc3Cl)ccc2C)cc1. The van der Waals surface area contributed by atoms with Crippen molar-refractivity contribution >= 4 is 39.1 Å². The number of rotatable bonds is 11. The van der Waals surface area contributed by atoms with Crippen molar-refractivity contribution in [3.8, 4) is 22.9 Å². The van der Waals surface area contributed by atoms with Crippen LogP contribution < -0.4 is 20.7 Å². The number of H-pyrrole nitrogens is 1. The molecule has 3 aromatic carbocycles. The molecule has 12 nitrogen and oxygen atoms in total. The second-order valence-electron chi connectivity index (χ2n) is 10.5. The Morgan fingerprint density at radius 1 is 1.04 bits per heavy atom. The molecule has 0 saturated carbocycles. The molecule has 1 amide bonds. The Kier molecular flexibility index (Phi) is 10.0. The topological polar surface area (TPSA) is 144 Å². The lowest BCUT2D eigenvalue weighted by molar-refractivity contribution is -0.134. The summed E-state index contributed by atoms with van der Waals surface area (Å²) in [5.74, 6) is 0.141. The molecule has 4 aromatic rings. The lowest BCUT2D eigenvalue weighted by Crippen LogP contribution is -2.48. The molecule has 248 valence electrons. The largest absolute Gasteiger partial charge is 0.497 e. The second-order valence-corrected chi connectivity index (χ2v) is 13.2. The maximum Gasteiger partial charge on any atom is 0.349 e. The minimum atomic E-state index is -4.28. The number of alkyl halides is 2. The summed E-state index contributed by atoms with van der Waals surface area (Å²) in [5.41, 5.74) is -2.77. The number of hydrogen-bond donors (Lipinski definition) is 1. The number of ether oxygens (including phenoxy) is 2. The van der Waals surface area contributed by atoms with Gasteiger partial charge in [0.05, 0.1) is 34.3 Å². The molecule has 1 aromatic heterocycles. The molecule has 0 aliphatic carbocycles. The molecule has 1 saturated heterocycles. The third-order valence-electron chi connectivity index (χ3n) is 7.32. The van der Waals surface area contributed by atoms with Gasteiger partial charge in [0.2, 0.25) is 15.9 Å². The summed E-state index contributed by atoms with van der Waals surface area (Å²) in [6, 6.07) is 13.4. The first kappa shape index (κ1) is 34.0. The summed E-state index contributed by atoms with van der Waals surface area (Å²) < 4.78 is 67.4. The van der Waals surface area contributed by atoms with Crippen LogP contribution in [0.4, 0.5) is 8.78 Å². The lowest BCUT2D eigenvalue weighted by Gasteiger charge is -2.33. The first-order valence-electron chi connectivity index (χ1n) is 14.0. The number of aryl methyl sites for hydroxylation is 1. The molecule has 1 N–H and O–H groups in total. The third kappa shape index (κ3) is 7.32. The van der Waals surface area contributed by atoms with E-state index in [9.17, 15) is 31.6 Å². The number of carbonyl (C=O) groups is 1. The predicted octanol–water partition coefficient (Wildman–Crippen LogP) is 4.70. The first-order chi connectivity index (χ1) is 22.3. The minimum absolute atomic E-state index is 0.0171. The van der Waals surface area contributed by atoms with Gasteiger partial charge in [0.15, 0.2) is 11.4 Å². The van der Waals surface area contributed by atoms with Crippen molar-refractivity contribution < 1.29 is 31.5 Å². The van der Waals surface area contributed by atoms with E-state index in [2.05, 4.69) is 5.10 Å². The average molecular weight is 711 g/mol. The van der Waals surface area contributed by atoms with E-state index >= 15 is 0 Å². The fourth-order valence-electron chi connectivity index (χ4n) is 4.65. The number of hydrogen-bond acceptors (Lipinski definition) is 8. The molecule has 1 fully saturated rings. The molecule has 0 unspecified atom stereocenters. The zero-order valence-electron chi connectivity index (χ0n) is 24.9. The van der Waals surface area contributed by atoms with Crippen LogP contribution in [0.2, 0.25) is 10.0 Å². The van der Waals surface area contributed by atoms with E-state index in [-0.39, 0.29) is 51.1 Å². The van der Waals surface area contributed by atoms with Crippen molar-refractivity contribution in [3.63, 3.8) is 0 Å². The third-order valence-corrected chi connectivity index (χ3v) is 9.82. The molecule has 0 radical (unpaired) electrons. The number of aromatic nitrogens is 3. The number of aromatic amines is 1. The number of nitrogens with zero attached hydrogens (tertiary/aromatic N) is 4. The van der Waals surface area contributed by atoms with Crippen LogP contribution in [0, 0.1) is 6.92 Å². The van der Waals surface area contributed by atoms with Crippen LogP contribution in [-0.2, 0) is 21.4 Å². The van der Waals surface area contributed by atoms with Gasteiger partial charge in [-0.15, -0.1) is 0 Å². The lowest BCUT2D eigenvalue weighted by atomic mass is 10.2. The van der Waals surface area contributed by atoms with E-state index in [1.807, 2.05) is 0 Å². The number of amides is 1. The van der Waals surface area contributed by atoms with Gasteiger partial charge in [-0.2, -0.15) is 14.1 Å². The van der Waals surface area contributed by atoms with Gasteiger partial charge in [0.1, 0.15) is 11.5 Å². The molecule has 17 heteroatoms. The Bertz CT molecular complexity index is 2030. The molecular weight excluding hydrogens is 683 g/mol. The standard InChI is InChI=1S/C30H27Cl2F2N5O7S/c1-17-4-7-21(46-27-22(31)12-19(13-23(27)32)39-30(42)35-29(41)26(36-39)28(33)34)14-24(17)47(43,44)38(16-25(40)37-10-3-11-37)15-18-5-8-20(45-2)9-6-18/h4-9,12-14,28H,3,10-11,15-16H2,1-2H3,(H,35,41,42). The number of nitrogens with one attached hydrogen (secondary N) is 1. The number of benzene rings is 3. The van der Waals surface area contributed by atoms with E-state index in [1.165, 1.54) is 25.3 Å². The van der Waals surface area contributed by atoms with E-state index in [0.717, 1.165) is 22.9 Å². The van der Waals surface area contributed by atoms with E-state index in [1.54, 1.807) is 41.1 Å². The summed E-state index contributed by atoms with van der Waals surface area (Å²) in [7, 11) is -2.77. The van der Waals surface area contributed by atoms with Crippen molar-refractivity contribution in [2.24, 2.45) is 0 Å². The molecule has 1 aliphatic heterocycles. The normalized spacial score (nSPS) is 13.1. The summed E-state index contributed by atoms with van der Waals surface area (Å²) in [5, 5.41) is 3.06. The van der Waals surface area contributed by atoms with Crippen molar-refractivity contribution in [2.75, 3.05) is 26.7 Å². The molecule has 5 rings (SSSR count). The summed E-state index contributed by atoms with van der Waals surface area (Å²) in [4.78, 5) is 40.1. The highest BCUT2D eigenvalue weighted by Gasteiger charge is 2.32. The fourth-order valence-corrected chi connectivity index (χ4v) is 6.82. The van der Waals surface area contributed by atoms with E-state index < -0.39 is 33.4 Å². The van der Waals surface area contributed by atoms with Crippen molar-refractivity contribution in [3.05, 3.63) is 102 Å². The van der Waals surface area contributed by atoms with Gasteiger partial charge in [0, 0.05) is 25.7 Å². The maximum absolute atomic E-state index is 14.1. The molecule has 0 bridgehead atoms. The van der Waals surface area contributed by atoms with Gasteiger partial charge in [-0.3, -0.25) is 14.6 Å². The van der Waals surface area contributed by atoms with Gasteiger partial charge in [0.25, 0.3) is 12.0 Å². The smallest absolute Gasteiger partial charge is 0.349 e. The zero-order chi connectivity index (χ0) is 34.0. The Morgan fingerprint density at radius 2 is 1.68 bits per heavy atom. The highest BCUT2D eigenvalue weighted by molar-refractivity contribution is 7.89. The van der Waals surface area contributed by atoms with Crippen LogP contribution in [0.5, 0.6) is 17.2 Å². The Labute approximate surface area is 277 Å². The molecule has 2 heterocycles. The Balaban J connectivity index is 1.47. The highest BCUT2D eigenvalue weighted by Crippen LogP contribution is 2.39. The Hall–Kier alpha value is -4.31. The fraction of sp³-hybridized carbons (Fsp3) is 0.267. The van der Waals surface area contributed by atoms with Crippen LogP contribution in [-0.4, -0.2) is 65.0 Å². The summed E-state index contributed by atoms with van der Waals surface area (Å²) >= 11 is 12.8. The van der Waals surface area contributed by atoms with Gasteiger partial charge >= 0.3 is 5.69 Å². The van der Waals surface area contributed by atoms with Crippen LogP contribution in [0.25, 0.3) is 5.69 Å². The quantitative estimate of drug-likeness (QED) is 0.236. The van der Waals surface area contributed by atoms with E-state index in [0.29, 0.717) is 34.6 Å². The Morgan fingerprint density at radius 3 is 2.26 bits per heavy atom. The number of sulfonamides is 1. The molecule has 0 spiro atoms. The van der Waals surface area contributed by atoms with Crippen molar-refractivity contribution in [2.45, 2.75) is 31.2 Å². The average Bonchev–Trinajstić information content (AvgIpc) is 2.98. The molecule has 47 heavy (non-hydrogen) atoms. The summed E-state index contributed by atoms with van der Waals surface area (Å²) in [6.07, 6.45) is -2.41.